The first-order chi connectivity index (χ1) is 14.5. The van der Waals surface area contributed by atoms with Gasteiger partial charge in [-0.15, -0.1) is 0 Å². The highest BCUT2D eigenvalue weighted by atomic mass is 35.5. The molecule has 0 spiro atoms. The lowest BCUT2D eigenvalue weighted by Gasteiger charge is -2.08. The predicted molar refractivity (Wildman–Crippen MR) is 114 cm³/mol. The van der Waals surface area contributed by atoms with Gasteiger partial charge in [0.25, 0.3) is 11.8 Å². The first kappa shape index (κ1) is 18.5. The van der Waals surface area contributed by atoms with Crippen LogP contribution in [0.4, 0.5) is 5.13 Å². The summed E-state index contributed by atoms with van der Waals surface area (Å²) in [6.07, 6.45) is 0. The van der Waals surface area contributed by atoms with E-state index < -0.39 is 17.8 Å². The minimum atomic E-state index is -0.532. The normalized spacial score (nSPS) is 13.0. The third-order valence-corrected chi connectivity index (χ3v) is 5.88. The van der Waals surface area contributed by atoms with Crippen LogP contribution in [0.15, 0.2) is 66.7 Å². The number of carbonyl (C=O) groups is 3. The number of hydrogen-bond donors (Lipinski definition) is 0. The standard InChI is InChI=1S/C22H11ClN2O4S/c23-13-6-8-14(9-7-13)29-21(28)12-5-10-17-18(11-12)30-22(24-17)25-19(26)15-3-1-2-4-16(15)20(25)27/h1-11H. The van der Waals surface area contributed by atoms with Crippen LogP contribution in [0, 0.1) is 0 Å². The molecule has 2 heterocycles. The number of ether oxygens (including phenoxy) is 1. The molecule has 0 unspecified atom stereocenters. The van der Waals surface area contributed by atoms with Gasteiger partial charge in [0.1, 0.15) is 5.75 Å². The molecule has 0 saturated carbocycles. The average Bonchev–Trinajstić information content (AvgIpc) is 3.28. The summed E-state index contributed by atoms with van der Waals surface area (Å²) in [5.74, 6) is -0.968. The Labute approximate surface area is 179 Å². The molecule has 6 nitrogen and oxygen atoms in total. The van der Waals surface area contributed by atoms with Crippen molar-refractivity contribution in [2.45, 2.75) is 0 Å². The van der Waals surface area contributed by atoms with E-state index in [1.54, 1.807) is 66.7 Å². The maximum Gasteiger partial charge on any atom is 0.343 e. The van der Waals surface area contributed by atoms with E-state index >= 15 is 0 Å². The monoisotopic (exact) mass is 434 g/mol. The smallest absolute Gasteiger partial charge is 0.343 e. The van der Waals surface area contributed by atoms with Crippen LogP contribution in [-0.2, 0) is 0 Å². The molecule has 30 heavy (non-hydrogen) atoms. The Bertz CT molecular complexity index is 1310. The van der Waals surface area contributed by atoms with E-state index in [2.05, 4.69) is 4.98 Å². The fourth-order valence-electron chi connectivity index (χ4n) is 3.17. The number of thiazole rings is 1. The number of anilines is 1. The molecule has 5 rings (SSSR count). The predicted octanol–water partition coefficient (Wildman–Crippen LogP) is 4.97. The van der Waals surface area contributed by atoms with Crippen molar-refractivity contribution in [1.29, 1.82) is 0 Å². The van der Waals surface area contributed by atoms with Gasteiger partial charge in [-0.05, 0) is 54.6 Å². The molecule has 8 heteroatoms. The van der Waals surface area contributed by atoms with Gasteiger partial charge in [-0.2, -0.15) is 0 Å². The zero-order valence-corrected chi connectivity index (χ0v) is 16.7. The molecular weight excluding hydrogens is 424 g/mol. The van der Waals surface area contributed by atoms with E-state index in [9.17, 15) is 14.4 Å². The molecule has 1 aliphatic heterocycles. The molecule has 0 saturated heterocycles. The summed E-state index contributed by atoms with van der Waals surface area (Å²) in [5, 5.41) is 0.806. The SMILES string of the molecule is O=C(Oc1ccc(Cl)cc1)c1ccc2nc(N3C(=O)c4ccccc4C3=O)sc2c1. The Balaban J connectivity index is 1.45. The molecule has 146 valence electrons. The van der Waals surface area contributed by atoms with Crippen LogP contribution in [-0.4, -0.2) is 22.8 Å². The van der Waals surface area contributed by atoms with Crippen molar-refractivity contribution in [1.82, 2.24) is 4.98 Å². The lowest BCUT2D eigenvalue weighted by atomic mass is 10.1. The number of carbonyl (C=O) groups excluding carboxylic acids is 3. The summed E-state index contributed by atoms with van der Waals surface area (Å²) in [7, 11) is 0. The Kier molecular flexibility index (Phi) is 4.34. The van der Waals surface area contributed by atoms with Crippen LogP contribution in [0.1, 0.15) is 31.1 Å². The number of esters is 1. The van der Waals surface area contributed by atoms with Crippen molar-refractivity contribution in [2.24, 2.45) is 0 Å². The van der Waals surface area contributed by atoms with Crippen molar-refractivity contribution >= 4 is 56.1 Å². The molecule has 1 aliphatic rings. The second-order valence-electron chi connectivity index (χ2n) is 6.51. The van der Waals surface area contributed by atoms with Gasteiger partial charge in [-0.25, -0.2) is 14.7 Å². The number of fused-ring (bicyclic) bond motifs is 2. The van der Waals surface area contributed by atoms with Gasteiger partial charge in [0.05, 0.1) is 26.9 Å². The molecule has 2 amide bonds. The van der Waals surface area contributed by atoms with Crippen molar-refractivity contribution in [2.75, 3.05) is 4.90 Å². The number of benzene rings is 3. The van der Waals surface area contributed by atoms with Gasteiger partial charge in [-0.3, -0.25) is 9.59 Å². The van der Waals surface area contributed by atoms with Gasteiger partial charge in [0.15, 0.2) is 0 Å². The Morgan fingerprint density at radius 1 is 0.933 bits per heavy atom. The molecule has 1 aromatic heterocycles. The van der Waals surface area contributed by atoms with E-state index in [-0.39, 0.29) is 5.13 Å². The minimum Gasteiger partial charge on any atom is -0.423 e. The van der Waals surface area contributed by atoms with E-state index in [1.807, 2.05) is 0 Å². The third kappa shape index (κ3) is 3.04. The van der Waals surface area contributed by atoms with Gasteiger partial charge in [0, 0.05) is 5.02 Å². The molecular formula is C22H11ClN2O4S. The summed E-state index contributed by atoms with van der Waals surface area (Å²) in [5.41, 5.74) is 1.62. The number of rotatable bonds is 3. The highest BCUT2D eigenvalue weighted by Crippen LogP contribution is 2.34. The van der Waals surface area contributed by atoms with Crippen LogP contribution >= 0.6 is 22.9 Å². The fraction of sp³-hybridized carbons (Fsp3) is 0. The van der Waals surface area contributed by atoms with Gasteiger partial charge < -0.3 is 4.74 Å². The largest absolute Gasteiger partial charge is 0.423 e. The Hall–Kier alpha value is -3.55. The van der Waals surface area contributed by atoms with Crippen LogP contribution in [0.25, 0.3) is 10.2 Å². The highest BCUT2D eigenvalue weighted by molar-refractivity contribution is 7.22. The molecule has 0 bridgehead atoms. The van der Waals surface area contributed by atoms with Crippen LogP contribution in [0.5, 0.6) is 5.75 Å². The van der Waals surface area contributed by atoms with Crippen molar-refractivity contribution in [3.63, 3.8) is 0 Å². The topological polar surface area (TPSA) is 76.6 Å². The lowest BCUT2D eigenvalue weighted by molar-refractivity contribution is 0.0734. The zero-order valence-electron chi connectivity index (χ0n) is 15.2. The van der Waals surface area contributed by atoms with Gasteiger partial charge in [-0.1, -0.05) is 35.1 Å². The molecule has 4 aromatic rings. The molecule has 0 fully saturated rings. The summed E-state index contributed by atoms with van der Waals surface area (Å²) < 4.78 is 6.01. The first-order valence-corrected chi connectivity index (χ1v) is 10.1. The van der Waals surface area contributed by atoms with E-state index in [1.165, 1.54) is 0 Å². The fourth-order valence-corrected chi connectivity index (χ4v) is 4.29. The number of aromatic nitrogens is 1. The zero-order chi connectivity index (χ0) is 20.8. The lowest BCUT2D eigenvalue weighted by Crippen LogP contribution is -2.29. The van der Waals surface area contributed by atoms with Crippen molar-refractivity contribution in [3.8, 4) is 5.75 Å². The van der Waals surface area contributed by atoms with E-state index in [0.717, 1.165) is 16.2 Å². The summed E-state index contributed by atoms with van der Waals surface area (Å²) >= 11 is 7.00. The van der Waals surface area contributed by atoms with Crippen molar-refractivity contribution < 1.29 is 19.1 Å². The first-order valence-electron chi connectivity index (χ1n) is 8.87. The summed E-state index contributed by atoms with van der Waals surface area (Å²) in [6, 6.07) is 18.0. The Morgan fingerprint density at radius 2 is 1.60 bits per heavy atom. The quantitative estimate of drug-likeness (QED) is 0.258. The maximum absolute atomic E-state index is 12.7. The third-order valence-electron chi connectivity index (χ3n) is 4.62. The number of nitrogens with zero attached hydrogens (tertiary/aromatic N) is 2. The van der Waals surface area contributed by atoms with E-state index in [4.69, 9.17) is 16.3 Å². The number of amides is 2. The summed E-state index contributed by atoms with van der Waals surface area (Å²) in [4.78, 5) is 43.3. The Morgan fingerprint density at radius 3 is 2.27 bits per heavy atom. The molecule has 0 N–H and O–H groups in total. The van der Waals surface area contributed by atoms with Crippen molar-refractivity contribution in [3.05, 3.63) is 88.4 Å². The highest BCUT2D eigenvalue weighted by Gasteiger charge is 2.38. The van der Waals surface area contributed by atoms with E-state index in [0.29, 0.717) is 37.7 Å². The van der Waals surface area contributed by atoms with Gasteiger partial charge >= 0.3 is 5.97 Å². The number of imide groups is 1. The molecule has 0 radical (unpaired) electrons. The number of halogens is 1. The minimum absolute atomic E-state index is 0.263. The number of hydrogen-bond acceptors (Lipinski definition) is 6. The van der Waals surface area contributed by atoms with Gasteiger partial charge in [0.2, 0.25) is 5.13 Å². The second kappa shape index (κ2) is 7.05. The average molecular weight is 435 g/mol. The second-order valence-corrected chi connectivity index (χ2v) is 7.96. The van der Waals surface area contributed by atoms with Crippen LogP contribution in [0.3, 0.4) is 0 Å². The van der Waals surface area contributed by atoms with Crippen LogP contribution < -0.4 is 9.64 Å². The summed E-state index contributed by atoms with van der Waals surface area (Å²) in [6.45, 7) is 0. The van der Waals surface area contributed by atoms with Crippen LogP contribution in [0.2, 0.25) is 5.02 Å². The molecule has 0 atom stereocenters. The molecule has 0 aliphatic carbocycles. The maximum atomic E-state index is 12.7. The molecule has 3 aromatic carbocycles.